The first-order valence-electron chi connectivity index (χ1n) is 7.05. The van der Waals surface area contributed by atoms with Crippen molar-refractivity contribution < 1.29 is 15.0 Å². The summed E-state index contributed by atoms with van der Waals surface area (Å²) in [5.74, 6) is -0.531. The van der Waals surface area contributed by atoms with Gasteiger partial charge in [0.05, 0.1) is 6.04 Å². The molecule has 4 heteroatoms. The van der Waals surface area contributed by atoms with Gasteiger partial charge in [-0.25, -0.2) is 0 Å². The van der Waals surface area contributed by atoms with Crippen molar-refractivity contribution in [1.29, 1.82) is 0 Å². The van der Waals surface area contributed by atoms with Crippen LogP contribution in [0.15, 0.2) is 42.5 Å². The second-order valence-electron chi connectivity index (χ2n) is 5.36. The lowest BCUT2D eigenvalue weighted by molar-refractivity contribution is 0.0932. The molecule has 0 saturated carbocycles. The van der Waals surface area contributed by atoms with E-state index >= 15 is 0 Å². The fraction of sp³-hybridized carbons (Fsp3) is 0.235. The SMILES string of the molecule is O=C(NC1CCCc2ccccc21)c1cc(O)cc(O)c1. The highest BCUT2D eigenvalue weighted by atomic mass is 16.3. The van der Waals surface area contributed by atoms with Crippen molar-refractivity contribution in [2.45, 2.75) is 25.3 Å². The molecular weight excluding hydrogens is 266 g/mol. The molecule has 1 aliphatic rings. The summed E-state index contributed by atoms with van der Waals surface area (Å²) in [5, 5.41) is 21.9. The van der Waals surface area contributed by atoms with E-state index in [-0.39, 0.29) is 29.0 Å². The number of carbonyl (C=O) groups excluding carboxylic acids is 1. The molecular formula is C17H17NO3. The summed E-state index contributed by atoms with van der Waals surface area (Å²) in [7, 11) is 0. The van der Waals surface area contributed by atoms with Crippen LogP contribution in [0.1, 0.15) is 40.4 Å². The number of hydrogen-bond acceptors (Lipinski definition) is 3. The number of aromatic hydroxyl groups is 2. The molecule has 4 nitrogen and oxygen atoms in total. The van der Waals surface area contributed by atoms with Gasteiger partial charge >= 0.3 is 0 Å². The number of hydrogen-bond donors (Lipinski definition) is 3. The molecule has 3 N–H and O–H groups in total. The fourth-order valence-corrected chi connectivity index (χ4v) is 2.87. The normalized spacial score (nSPS) is 17.0. The zero-order valence-electron chi connectivity index (χ0n) is 11.5. The van der Waals surface area contributed by atoms with Crippen LogP contribution in [-0.4, -0.2) is 16.1 Å². The zero-order chi connectivity index (χ0) is 14.8. The Hall–Kier alpha value is -2.49. The smallest absolute Gasteiger partial charge is 0.252 e. The van der Waals surface area contributed by atoms with Crippen molar-refractivity contribution in [3.8, 4) is 11.5 Å². The second-order valence-corrected chi connectivity index (χ2v) is 5.36. The molecule has 21 heavy (non-hydrogen) atoms. The van der Waals surface area contributed by atoms with Crippen LogP contribution in [0.25, 0.3) is 0 Å². The van der Waals surface area contributed by atoms with Crippen LogP contribution in [0.5, 0.6) is 11.5 Å². The lowest BCUT2D eigenvalue weighted by Gasteiger charge is -2.26. The predicted molar refractivity (Wildman–Crippen MR) is 79.4 cm³/mol. The van der Waals surface area contributed by atoms with Gasteiger partial charge in [0.1, 0.15) is 11.5 Å². The Morgan fingerprint density at radius 3 is 2.57 bits per heavy atom. The molecule has 0 aliphatic heterocycles. The lowest BCUT2D eigenvalue weighted by atomic mass is 9.87. The van der Waals surface area contributed by atoms with Gasteiger partial charge in [0, 0.05) is 11.6 Å². The average Bonchev–Trinajstić information content (AvgIpc) is 2.46. The number of fused-ring (bicyclic) bond motifs is 1. The van der Waals surface area contributed by atoms with Crippen LogP contribution >= 0.6 is 0 Å². The van der Waals surface area contributed by atoms with E-state index < -0.39 is 0 Å². The fourth-order valence-electron chi connectivity index (χ4n) is 2.87. The number of carbonyl (C=O) groups is 1. The van der Waals surface area contributed by atoms with Gasteiger partial charge in [0.25, 0.3) is 5.91 Å². The molecule has 0 heterocycles. The molecule has 0 fully saturated rings. The van der Waals surface area contributed by atoms with Gasteiger partial charge in [-0.2, -0.15) is 0 Å². The molecule has 0 saturated heterocycles. The van der Waals surface area contributed by atoms with Crippen LogP contribution < -0.4 is 5.32 Å². The Morgan fingerprint density at radius 1 is 1.10 bits per heavy atom. The third-order valence-corrected chi connectivity index (χ3v) is 3.84. The number of amides is 1. The molecule has 0 spiro atoms. The van der Waals surface area contributed by atoms with E-state index in [9.17, 15) is 15.0 Å². The summed E-state index contributed by atoms with van der Waals surface area (Å²) in [6.45, 7) is 0. The third-order valence-electron chi connectivity index (χ3n) is 3.84. The maximum Gasteiger partial charge on any atom is 0.252 e. The van der Waals surface area contributed by atoms with Gasteiger partial charge in [-0.1, -0.05) is 24.3 Å². The van der Waals surface area contributed by atoms with Crippen molar-refractivity contribution in [2.24, 2.45) is 0 Å². The predicted octanol–water partition coefficient (Wildman–Crippen LogP) is 2.91. The summed E-state index contributed by atoms with van der Waals surface area (Å²) in [6, 6.07) is 12.0. The monoisotopic (exact) mass is 283 g/mol. The number of nitrogens with one attached hydrogen (secondary N) is 1. The minimum atomic E-state index is -0.289. The van der Waals surface area contributed by atoms with Crippen molar-refractivity contribution in [2.75, 3.05) is 0 Å². The van der Waals surface area contributed by atoms with Gasteiger partial charge in [0.2, 0.25) is 0 Å². The molecule has 1 unspecified atom stereocenters. The molecule has 0 bridgehead atoms. The van der Waals surface area contributed by atoms with Crippen LogP contribution in [0.2, 0.25) is 0 Å². The number of benzene rings is 2. The molecule has 108 valence electrons. The third kappa shape index (κ3) is 2.84. The first kappa shape index (κ1) is 13.5. The summed E-state index contributed by atoms with van der Waals surface area (Å²) < 4.78 is 0. The van der Waals surface area contributed by atoms with Crippen molar-refractivity contribution in [3.63, 3.8) is 0 Å². The molecule has 2 aromatic rings. The molecule has 1 aliphatic carbocycles. The first-order chi connectivity index (χ1) is 10.1. The van der Waals surface area contributed by atoms with Gasteiger partial charge in [-0.05, 0) is 42.5 Å². The Labute approximate surface area is 123 Å². The highest BCUT2D eigenvalue weighted by Gasteiger charge is 2.22. The number of aryl methyl sites for hydroxylation is 1. The standard InChI is InChI=1S/C17H17NO3/c19-13-8-12(9-14(20)10-13)17(21)18-16-7-3-5-11-4-1-2-6-15(11)16/h1-2,4,6,8-10,16,19-20H,3,5,7H2,(H,18,21). The maximum absolute atomic E-state index is 12.3. The molecule has 1 amide bonds. The minimum Gasteiger partial charge on any atom is -0.508 e. The van der Waals surface area contributed by atoms with Gasteiger partial charge in [-0.15, -0.1) is 0 Å². The maximum atomic E-state index is 12.3. The molecule has 0 aromatic heterocycles. The molecule has 0 radical (unpaired) electrons. The Balaban J connectivity index is 1.82. The van der Waals surface area contributed by atoms with Crippen molar-refractivity contribution in [3.05, 3.63) is 59.2 Å². The zero-order valence-corrected chi connectivity index (χ0v) is 11.5. The molecule has 2 aromatic carbocycles. The summed E-state index contributed by atoms with van der Waals surface area (Å²) in [4.78, 5) is 12.3. The largest absolute Gasteiger partial charge is 0.508 e. The minimum absolute atomic E-state index is 0.0214. The van der Waals surface area contributed by atoms with E-state index in [0.29, 0.717) is 0 Å². The van der Waals surface area contributed by atoms with E-state index in [1.807, 2.05) is 18.2 Å². The average molecular weight is 283 g/mol. The Bertz CT molecular complexity index is 661. The van der Waals surface area contributed by atoms with E-state index in [4.69, 9.17) is 0 Å². The van der Waals surface area contributed by atoms with Crippen LogP contribution in [0.4, 0.5) is 0 Å². The molecule has 3 rings (SSSR count). The second kappa shape index (κ2) is 5.48. The molecule has 1 atom stereocenters. The van der Waals surface area contributed by atoms with E-state index in [2.05, 4.69) is 11.4 Å². The topological polar surface area (TPSA) is 69.6 Å². The van der Waals surface area contributed by atoms with Crippen LogP contribution in [-0.2, 0) is 6.42 Å². The number of phenolic OH excluding ortho intramolecular Hbond substituents is 2. The van der Waals surface area contributed by atoms with Gasteiger partial charge in [0.15, 0.2) is 0 Å². The van der Waals surface area contributed by atoms with Crippen molar-refractivity contribution in [1.82, 2.24) is 5.32 Å². The van der Waals surface area contributed by atoms with E-state index in [1.165, 1.54) is 23.8 Å². The van der Waals surface area contributed by atoms with Gasteiger partial charge < -0.3 is 15.5 Å². The lowest BCUT2D eigenvalue weighted by Crippen LogP contribution is -2.30. The Morgan fingerprint density at radius 2 is 1.81 bits per heavy atom. The van der Waals surface area contributed by atoms with Crippen molar-refractivity contribution >= 4 is 5.91 Å². The van der Waals surface area contributed by atoms with E-state index in [0.717, 1.165) is 24.8 Å². The number of phenols is 2. The number of rotatable bonds is 2. The van der Waals surface area contributed by atoms with Crippen LogP contribution in [0, 0.1) is 0 Å². The van der Waals surface area contributed by atoms with E-state index in [1.54, 1.807) is 0 Å². The first-order valence-corrected chi connectivity index (χ1v) is 7.05. The Kier molecular flexibility index (Phi) is 3.52. The summed E-state index contributed by atoms with van der Waals surface area (Å²) in [5.41, 5.74) is 2.69. The highest BCUT2D eigenvalue weighted by molar-refractivity contribution is 5.95. The quantitative estimate of drug-likeness (QED) is 0.793. The van der Waals surface area contributed by atoms with Gasteiger partial charge in [-0.3, -0.25) is 4.79 Å². The summed E-state index contributed by atoms with van der Waals surface area (Å²) in [6.07, 6.45) is 2.97. The summed E-state index contributed by atoms with van der Waals surface area (Å²) >= 11 is 0. The van der Waals surface area contributed by atoms with Crippen LogP contribution in [0.3, 0.4) is 0 Å². The highest BCUT2D eigenvalue weighted by Crippen LogP contribution is 2.30.